The first-order valence-electron chi connectivity index (χ1n) is 8.56. The molecule has 0 fully saturated rings. The first-order valence-corrected chi connectivity index (χ1v) is 8.56. The fourth-order valence-corrected chi connectivity index (χ4v) is 2.78. The average Bonchev–Trinajstić information content (AvgIpc) is 2.68. The SMILES string of the molecule is CCOC(=O)c1c(C=O)nc(-c2c(F)cccc2F)nc1Cc1ccccc1. The van der Waals surface area contributed by atoms with Gasteiger partial charge in [0.1, 0.15) is 22.9 Å². The standard InChI is InChI=1S/C21H16F2N2O3/c1-2-28-21(27)19-16(11-13-7-4-3-5-8-13)24-20(25-17(19)12-26)18-14(22)9-6-10-15(18)23/h3-10,12H,2,11H2,1H3. The molecule has 0 saturated heterocycles. The van der Waals surface area contributed by atoms with Crippen LogP contribution in [0.3, 0.4) is 0 Å². The second-order valence-corrected chi connectivity index (χ2v) is 5.85. The van der Waals surface area contributed by atoms with Gasteiger partial charge in [0, 0.05) is 6.42 Å². The third-order valence-corrected chi connectivity index (χ3v) is 4.00. The van der Waals surface area contributed by atoms with Crippen molar-refractivity contribution in [3.8, 4) is 11.4 Å². The summed E-state index contributed by atoms with van der Waals surface area (Å²) in [6, 6.07) is 12.4. The monoisotopic (exact) mass is 382 g/mol. The normalized spacial score (nSPS) is 10.5. The van der Waals surface area contributed by atoms with E-state index in [1.54, 1.807) is 31.2 Å². The second-order valence-electron chi connectivity index (χ2n) is 5.85. The van der Waals surface area contributed by atoms with Gasteiger partial charge in [-0.1, -0.05) is 36.4 Å². The highest BCUT2D eigenvalue weighted by Gasteiger charge is 2.24. The highest BCUT2D eigenvalue weighted by molar-refractivity contribution is 5.98. The summed E-state index contributed by atoms with van der Waals surface area (Å²) in [6.07, 6.45) is 0.506. The van der Waals surface area contributed by atoms with Crippen LogP contribution >= 0.6 is 0 Å². The molecule has 0 aliphatic carbocycles. The van der Waals surface area contributed by atoms with Crippen molar-refractivity contribution in [2.24, 2.45) is 0 Å². The molecule has 0 aliphatic rings. The Bertz CT molecular complexity index is 1000. The lowest BCUT2D eigenvalue weighted by Crippen LogP contribution is -2.16. The number of halogens is 2. The van der Waals surface area contributed by atoms with Gasteiger partial charge in [0.2, 0.25) is 0 Å². The van der Waals surface area contributed by atoms with Crippen LogP contribution in [-0.4, -0.2) is 28.8 Å². The van der Waals surface area contributed by atoms with Crippen LogP contribution in [0.2, 0.25) is 0 Å². The van der Waals surface area contributed by atoms with Gasteiger partial charge >= 0.3 is 5.97 Å². The first-order chi connectivity index (χ1) is 13.5. The van der Waals surface area contributed by atoms with E-state index in [-0.39, 0.29) is 35.8 Å². The molecule has 5 nitrogen and oxygen atoms in total. The van der Waals surface area contributed by atoms with Crippen molar-refractivity contribution in [3.63, 3.8) is 0 Å². The number of carbonyl (C=O) groups is 2. The summed E-state index contributed by atoms with van der Waals surface area (Å²) in [4.78, 5) is 32.2. The van der Waals surface area contributed by atoms with E-state index < -0.39 is 23.2 Å². The molecule has 7 heteroatoms. The Kier molecular flexibility index (Phi) is 5.84. The third kappa shape index (κ3) is 3.93. The molecule has 1 aromatic heterocycles. The molecule has 0 bridgehead atoms. The molecular formula is C21H16F2N2O3. The van der Waals surface area contributed by atoms with E-state index in [0.717, 1.165) is 17.7 Å². The van der Waals surface area contributed by atoms with E-state index in [1.807, 2.05) is 6.07 Å². The van der Waals surface area contributed by atoms with Crippen molar-refractivity contribution < 1.29 is 23.1 Å². The van der Waals surface area contributed by atoms with Crippen LogP contribution in [0.25, 0.3) is 11.4 Å². The maximum atomic E-state index is 14.2. The van der Waals surface area contributed by atoms with E-state index in [2.05, 4.69) is 9.97 Å². The molecule has 0 unspecified atom stereocenters. The first kappa shape index (κ1) is 19.3. The number of benzene rings is 2. The Balaban J connectivity index is 2.23. The Morgan fingerprint density at radius 3 is 2.32 bits per heavy atom. The number of aldehydes is 1. The summed E-state index contributed by atoms with van der Waals surface area (Å²) in [5.74, 6) is -2.81. The number of ether oxygens (including phenoxy) is 1. The van der Waals surface area contributed by atoms with Gasteiger partial charge in [0.15, 0.2) is 12.1 Å². The van der Waals surface area contributed by atoms with Crippen molar-refractivity contribution in [2.45, 2.75) is 13.3 Å². The van der Waals surface area contributed by atoms with Crippen LogP contribution in [0, 0.1) is 11.6 Å². The smallest absolute Gasteiger partial charge is 0.342 e. The van der Waals surface area contributed by atoms with E-state index in [1.165, 1.54) is 6.07 Å². The largest absolute Gasteiger partial charge is 0.462 e. The Hall–Kier alpha value is -3.48. The summed E-state index contributed by atoms with van der Waals surface area (Å²) >= 11 is 0. The van der Waals surface area contributed by atoms with Gasteiger partial charge in [-0.05, 0) is 24.6 Å². The van der Waals surface area contributed by atoms with Gasteiger partial charge in [-0.25, -0.2) is 23.5 Å². The van der Waals surface area contributed by atoms with E-state index in [0.29, 0.717) is 6.29 Å². The summed E-state index contributed by atoms with van der Waals surface area (Å²) in [5.41, 5.74) is 0.0940. The lowest BCUT2D eigenvalue weighted by atomic mass is 10.0. The van der Waals surface area contributed by atoms with Crippen molar-refractivity contribution >= 4 is 12.3 Å². The highest BCUT2D eigenvalue weighted by Crippen LogP contribution is 2.26. The minimum absolute atomic E-state index is 0.0889. The lowest BCUT2D eigenvalue weighted by Gasteiger charge is -2.13. The van der Waals surface area contributed by atoms with Gasteiger partial charge in [0.25, 0.3) is 0 Å². The molecule has 3 rings (SSSR count). The van der Waals surface area contributed by atoms with E-state index in [9.17, 15) is 18.4 Å². The number of rotatable bonds is 6. The average molecular weight is 382 g/mol. The van der Waals surface area contributed by atoms with Crippen LogP contribution in [-0.2, 0) is 11.2 Å². The molecule has 0 N–H and O–H groups in total. The zero-order chi connectivity index (χ0) is 20.1. The molecular weight excluding hydrogens is 366 g/mol. The number of carbonyl (C=O) groups excluding carboxylic acids is 2. The lowest BCUT2D eigenvalue weighted by molar-refractivity contribution is 0.0521. The molecule has 0 spiro atoms. The van der Waals surface area contributed by atoms with Crippen LogP contribution < -0.4 is 0 Å². The Labute approximate surface area is 160 Å². The highest BCUT2D eigenvalue weighted by atomic mass is 19.1. The Morgan fingerprint density at radius 2 is 1.71 bits per heavy atom. The van der Waals surface area contributed by atoms with Gasteiger partial charge in [-0.3, -0.25) is 4.79 Å². The molecule has 0 aliphatic heterocycles. The number of hydrogen-bond donors (Lipinski definition) is 0. The molecule has 1 heterocycles. The van der Waals surface area contributed by atoms with Crippen LogP contribution in [0.15, 0.2) is 48.5 Å². The number of nitrogens with zero attached hydrogens (tertiary/aromatic N) is 2. The predicted molar refractivity (Wildman–Crippen MR) is 98.0 cm³/mol. The van der Waals surface area contributed by atoms with Crippen molar-refractivity contribution in [3.05, 3.63) is 82.7 Å². The quantitative estimate of drug-likeness (QED) is 0.476. The van der Waals surface area contributed by atoms with Gasteiger partial charge in [-0.2, -0.15) is 0 Å². The zero-order valence-corrected chi connectivity index (χ0v) is 15.0. The van der Waals surface area contributed by atoms with E-state index >= 15 is 0 Å². The Morgan fingerprint density at radius 1 is 1.04 bits per heavy atom. The molecule has 2 aromatic carbocycles. The summed E-state index contributed by atoms with van der Waals surface area (Å²) in [7, 11) is 0. The molecule has 0 atom stereocenters. The molecule has 142 valence electrons. The molecule has 0 amide bonds. The number of esters is 1. The summed E-state index contributed by atoms with van der Waals surface area (Å²) < 4.78 is 33.4. The maximum Gasteiger partial charge on any atom is 0.342 e. The summed E-state index contributed by atoms with van der Waals surface area (Å²) in [6.45, 7) is 1.71. The predicted octanol–water partition coefficient (Wildman–Crippen LogP) is 4.00. The minimum Gasteiger partial charge on any atom is -0.462 e. The minimum atomic E-state index is -0.869. The second kappa shape index (κ2) is 8.47. The van der Waals surface area contributed by atoms with Crippen molar-refractivity contribution in [2.75, 3.05) is 6.61 Å². The van der Waals surface area contributed by atoms with E-state index in [4.69, 9.17) is 4.74 Å². The molecule has 28 heavy (non-hydrogen) atoms. The van der Waals surface area contributed by atoms with Crippen molar-refractivity contribution in [1.29, 1.82) is 0 Å². The fourth-order valence-electron chi connectivity index (χ4n) is 2.78. The van der Waals surface area contributed by atoms with Crippen LogP contribution in [0.4, 0.5) is 8.78 Å². The van der Waals surface area contributed by atoms with Gasteiger partial charge in [0.05, 0.1) is 17.9 Å². The fraction of sp³-hybridized carbons (Fsp3) is 0.143. The third-order valence-electron chi connectivity index (χ3n) is 4.00. The van der Waals surface area contributed by atoms with Gasteiger partial charge < -0.3 is 4.74 Å². The molecule has 0 radical (unpaired) electrons. The maximum absolute atomic E-state index is 14.2. The van der Waals surface area contributed by atoms with Gasteiger partial charge in [-0.15, -0.1) is 0 Å². The zero-order valence-electron chi connectivity index (χ0n) is 15.0. The van der Waals surface area contributed by atoms with Crippen LogP contribution in [0.5, 0.6) is 0 Å². The van der Waals surface area contributed by atoms with Crippen molar-refractivity contribution in [1.82, 2.24) is 9.97 Å². The number of aromatic nitrogens is 2. The number of hydrogen-bond acceptors (Lipinski definition) is 5. The topological polar surface area (TPSA) is 69.2 Å². The molecule has 3 aromatic rings. The van der Waals surface area contributed by atoms with Crippen LogP contribution in [0.1, 0.15) is 39.0 Å². The molecule has 0 saturated carbocycles. The summed E-state index contributed by atoms with van der Waals surface area (Å²) in [5, 5.41) is 0.